The molecule has 0 saturated heterocycles. The molecule has 1 saturated carbocycles. The van der Waals surface area contributed by atoms with Crippen LogP contribution in [0.15, 0.2) is 17.4 Å². The van der Waals surface area contributed by atoms with Crippen LogP contribution in [-0.2, 0) is 17.9 Å². The van der Waals surface area contributed by atoms with Gasteiger partial charge in [0.05, 0.1) is 12.0 Å². The molecule has 0 atom stereocenters. The number of imidazole rings is 1. The fourth-order valence-corrected chi connectivity index (χ4v) is 3.70. The number of amides is 1. The molecular formula is C19H35IN6O. The SMILES string of the molecule is CN=C(NCc1nccn1CC(C)C)NCC1(C(=O)N(C)C)CCCC1.I. The van der Waals surface area contributed by atoms with Crippen LogP contribution in [0.25, 0.3) is 0 Å². The normalized spacial score (nSPS) is 16.1. The van der Waals surface area contributed by atoms with E-state index < -0.39 is 0 Å². The van der Waals surface area contributed by atoms with Gasteiger partial charge in [0.1, 0.15) is 5.82 Å². The maximum absolute atomic E-state index is 12.7. The van der Waals surface area contributed by atoms with Gasteiger partial charge in [-0.25, -0.2) is 4.98 Å². The van der Waals surface area contributed by atoms with E-state index in [-0.39, 0.29) is 35.3 Å². The quantitative estimate of drug-likeness (QED) is 0.350. The van der Waals surface area contributed by atoms with Gasteiger partial charge in [-0.1, -0.05) is 26.7 Å². The van der Waals surface area contributed by atoms with E-state index >= 15 is 0 Å². The Bertz CT molecular complexity index is 619. The van der Waals surface area contributed by atoms with E-state index in [0.717, 1.165) is 38.1 Å². The molecule has 2 rings (SSSR count). The standard InChI is InChI=1S/C19H34N6O.HI/c1-15(2)13-25-11-10-21-16(25)12-22-18(20-3)23-14-19(8-6-7-9-19)17(26)24(4)5;/h10-11,15H,6-9,12-14H2,1-5H3,(H2,20,22,23);1H. The van der Waals surface area contributed by atoms with E-state index in [1.165, 1.54) is 0 Å². The number of aromatic nitrogens is 2. The molecule has 1 aromatic rings. The summed E-state index contributed by atoms with van der Waals surface area (Å²) in [6, 6.07) is 0. The van der Waals surface area contributed by atoms with Crippen molar-refractivity contribution >= 4 is 35.8 Å². The molecule has 1 fully saturated rings. The molecule has 0 aliphatic heterocycles. The second kappa shape index (κ2) is 10.9. The maximum atomic E-state index is 12.7. The van der Waals surface area contributed by atoms with Gasteiger partial charge in [-0.05, 0) is 18.8 Å². The first-order chi connectivity index (χ1) is 12.4. The van der Waals surface area contributed by atoms with Gasteiger partial charge in [0, 0.05) is 46.6 Å². The Morgan fingerprint density at radius 1 is 1.33 bits per heavy atom. The summed E-state index contributed by atoms with van der Waals surface area (Å²) < 4.78 is 2.17. The average Bonchev–Trinajstić information content (AvgIpc) is 3.24. The summed E-state index contributed by atoms with van der Waals surface area (Å²) in [5.74, 6) is 2.48. The second-order valence-electron chi connectivity index (χ2n) is 7.86. The zero-order valence-corrected chi connectivity index (χ0v) is 19.6. The minimum atomic E-state index is -0.308. The monoisotopic (exact) mass is 490 g/mol. The second-order valence-corrected chi connectivity index (χ2v) is 7.86. The van der Waals surface area contributed by atoms with Crippen LogP contribution >= 0.6 is 24.0 Å². The highest BCUT2D eigenvalue weighted by molar-refractivity contribution is 14.0. The molecule has 1 aromatic heterocycles. The van der Waals surface area contributed by atoms with Crippen LogP contribution in [0.1, 0.15) is 45.4 Å². The summed E-state index contributed by atoms with van der Waals surface area (Å²) in [5.41, 5.74) is -0.308. The smallest absolute Gasteiger partial charge is 0.230 e. The van der Waals surface area contributed by atoms with E-state index in [9.17, 15) is 4.79 Å². The Labute approximate surface area is 180 Å². The first kappa shape index (κ1) is 23.7. The van der Waals surface area contributed by atoms with Crippen molar-refractivity contribution < 1.29 is 4.79 Å². The lowest BCUT2D eigenvalue weighted by atomic mass is 9.84. The Morgan fingerprint density at radius 3 is 2.56 bits per heavy atom. The highest BCUT2D eigenvalue weighted by atomic mass is 127. The van der Waals surface area contributed by atoms with Crippen molar-refractivity contribution in [3.8, 4) is 0 Å². The van der Waals surface area contributed by atoms with Crippen molar-refractivity contribution in [1.82, 2.24) is 25.1 Å². The number of carbonyl (C=O) groups is 1. The summed E-state index contributed by atoms with van der Waals surface area (Å²) in [6.45, 7) is 6.56. The third-order valence-corrected chi connectivity index (χ3v) is 5.02. The molecule has 1 heterocycles. The minimum absolute atomic E-state index is 0. The zero-order valence-electron chi connectivity index (χ0n) is 17.3. The number of rotatable bonds is 7. The molecule has 1 amide bonds. The molecule has 2 N–H and O–H groups in total. The number of carbonyl (C=O) groups excluding carboxylic acids is 1. The van der Waals surface area contributed by atoms with E-state index in [1.807, 2.05) is 26.5 Å². The van der Waals surface area contributed by atoms with E-state index in [4.69, 9.17) is 0 Å². The lowest BCUT2D eigenvalue weighted by molar-refractivity contribution is -0.138. The molecule has 0 unspecified atom stereocenters. The Hall–Kier alpha value is -1.32. The Balaban J connectivity index is 0.00000364. The summed E-state index contributed by atoms with van der Waals surface area (Å²) in [6.07, 6.45) is 7.94. The van der Waals surface area contributed by atoms with Gasteiger partial charge in [-0.2, -0.15) is 0 Å². The first-order valence-corrected chi connectivity index (χ1v) is 9.54. The molecule has 8 heteroatoms. The van der Waals surface area contributed by atoms with E-state index in [1.54, 1.807) is 11.9 Å². The Morgan fingerprint density at radius 2 is 2.00 bits per heavy atom. The lowest BCUT2D eigenvalue weighted by Gasteiger charge is -2.31. The van der Waals surface area contributed by atoms with E-state index in [0.29, 0.717) is 25.0 Å². The van der Waals surface area contributed by atoms with Crippen LogP contribution < -0.4 is 10.6 Å². The van der Waals surface area contributed by atoms with Crippen LogP contribution in [0.2, 0.25) is 0 Å². The molecule has 27 heavy (non-hydrogen) atoms. The summed E-state index contributed by atoms with van der Waals surface area (Å²) in [4.78, 5) is 23.1. The number of nitrogens with one attached hydrogen (secondary N) is 2. The highest BCUT2D eigenvalue weighted by Gasteiger charge is 2.42. The van der Waals surface area contributed by atoms with Crippen molar-refractivity contribution in [2.24, 2.45) is 16.3 Å². The summed E-state index contributed by atoms with van der Waals surface area (Å²) in [5, 5.41) is 6.69. The van der Waals surface area contributed by atoms with Crippen molar-refractivity contribution in [3.63, 3.8) is 0 Å². The van der Waals surface area contributed by atoms with Crippen molar-refractivity contribution in [1.29, 1.82) is 0 Å². The van der Waals surface area contributed by atoms with Crippen LogP contribution in [-0.4, -0.2) is 54.0 Å². The van der Waals surface area contributed by atoms with Gasteiger partial charge in [0.15, 0.2) is 5.96 Å². The third-order valence-electron chi connectivity index (χ3n) is 5.02. The van der Waals surface area contributed by atoms with Crippen LogP contribution in [0.3, 0.4) is 0 Å². The fraction of sp³-hybridized carbons (Fsp3) is 0.737. The van der Waals surface area contributed by atoms with E-state index in [2.05, 4.69) is 39.0 Å². The van der Waals surface area contributed by atoms with Gasteiger partial charge in [-0.15, -0.1) is 24.0 Å². The molecule has 0 aromatic carbocycles. The molecule has 7 nitrogen and oxygen atoms in total. The number of halogens is 1. The maximum Gasteiger partial charge on any atom is 0.230 e. The molecule has 0 bridgehead atoms. The fourth-order valence-electron chi connectivity index (χ4n) is 3.70. The topological polar surface area (TPSA) is 74.5 Å². The van der Waals surface area contributed by atoms with Gasteiger partial charge < -0.3 is 20.1 Å². The zero-order chi connectivity index (χ0) is 19.2. The predicted molar refractivity (Wildman–Crippen MR) is 120 cm³/mol. The molecule has 1 aliphatic rings. The van der Waals surface area contributed by atoms with Gasteiger partial charge >= 0.3 is 0 Å². The summed E-state index contributed by atoms with van der Waals surface area (Å²) >= 11 is 0. The number of aliphatic imine (C=N–C) groups is 1. The van der Waals surface area contributed by atoms with Crippen LogP contribution in [0.5, 0.6) is 0 Å². The molecule has 1 aliphatic carbocycles. The third kappa shape index (κ3) is 6.36. The van der Waals surface area contributed by atoms with Gasteiger partial charge in [-0.3, -0.25) is 9.79 Å². The van der Waals surface area contributed by atoms with Gasteiger partial charge in [0.2, 0.25) is 5.91 Å². The first-order valence-electron chi connectivity index (χ1n) is 9.54. The molecule has 0 radical (unpaired) electrons. The van der Waals surface area contributed by atoms with Crippen molar-refractivity contribution in [3.05, 3.63) is 18.2 Å². The van der Waals surface area contributed by atoms with Crippen LogP contribution in [0, 0.1) is 11.3 Å². The van der Waals surface area contributed by atoms with Gasteiger partial charge in [0.25, 0.3) is 0 Å². The van der Waals surface area contributed by atoms with Crippen LogP contribution in [0.4, 0.5) is 0 Å². The predicted octanol–water partition coefficient (Wildman–Crippen LogP) is 2.47. The number of hydrogen-bond donors (Lipinski definition) is 2. The Kier molecular flexibility index (Phi) is 9.55. The van der Waals surface area contributed by atoms with Crippen molar-refractivity contribution in [2.75, 3.05) is 27.7 Å². The summed E-state index contributed by atoms with van der Waals surface area (Å²) in [7, 11) is 5.43. The molecule has 154 valence electrons. The largest absolute Gasteiger partial charge is 0.355 e. The number of guanidine groups is 1. The highest BCUT2D eigenvalue weighted by Crippen LogP contribution is 2.38. The lowest BCUT2D eigenvalue weighted by Crippen LogP contribution is -2.49. The molecule has 0 spiro atoms. The number of hydrogen-bond acceptors (Lipinski definition) is 3. The van der Waals surface area contributed by atoms with Crippen molar-refractivity contribution in [2.45, 2.75) is 52.6 Å². The number of nitrogens with zero attached hydrogens (tertiary/aromatic N) is 4. The minimum Gasteiger partial charge on any atom is -0.355 e. The molecular weight excluding hydrogens is 455 g/mol. The average molecular weight is 490 g/mol.